The minimum Gasteiger partial charge on any atom is -0.483 e. The standard InChI is InChI=1S/C13H15N3O2/c1-9-3-4-10(2)11(7-9)18-8-13(17)15-12-5-6-14-16-12/h3-7H,8H2,1-2H3,(H2,14,15,16,17). The maximum Gasteiger partial charge on any atom is 0.263 e. The first-order valence-corrected chi connectivity index (χ1v) is 5.64. The summed E-state index contributed by atoms with van der Waals surface area (Å²) < 4.78 is 5.48. The van der Waals surface area contributed by atoms with Crippen LogP contribution in [-0.2, 0) is 4.79 Å². The van der Waals surface area contributed by atoms with Gasteiger partial charge in [0.25, 0.3) is 5.91 Å². The molecule has 0 spiro atoms. The van der Waals surface area contributed by atoms with Crippen LogP contribution in [0.3, 0.4) is 0 Å². The highest BCUT2D eigenvalue weighted by atomic mass is 16.5. The Labute approximate surface area is 105 Å². The number of nitrogens with one attached hydrogen (secondary N) is 2. The van der Waals surface area contributed by atoms with E-state index in [0.29, 0.717) is 5.82 Å². The SMILES string of the molecule is Cc1ccc(C)c(OCC(=O)Nc2ccn[nH]2)c1. The molecule has 0 saturated carbocycles. The lowest BCUT2D eigenvalue weighted by molar-refractivity contribution is -0.118. The summed E-state index contributed by atoms with van der Waals surface area (Å²) >= 11 is 0. The number of carbonyl (C=O) groups is 1. The minimum atomic E-state index is -0.222. The van der Waals surface area contributed by atoms with Gasteiger partial charge in [0, 0.05) is 6.07 Å². The van der Waals surface area contributed by atoms with E-state index in [1.165, 1.54) is 0 Å². The summed E-state index contributed by atoms with van der Waals surface area (Å²) in [5.74, 6) is 1.07. The lowest BCUT2D eigenvalue weighted by atomic mass is 10.1. The number of aromatic nitrogens is 2. The third-order valence-corrected chi connectivity index (χ3v) is 2.48. The molecule has 2 rings (SSSR count). The molecule has 0 saturated heterocycles. The van der Waals surface area contributed by atoms with E-state index in [1.54, 1.807) is 12.3 Å². The van der Waals surface area contributed by atoms with Crippen molar-refractivity contribution in [2.45, 2.75) is 13.8 Å². The highest BCUT2D eigenvalue weighted by Crippen LogP contribution is 2.18. The fourth-order valence-electron chi connectivity index (χ4n) is 1.52. The molecule has 18 heavy (non-hydrogen) atoms. The zero-order chi connectivity index (χ0) is 13.0. The summed E-state index contributed by atoms with van der Waals surface area (Å²) in [6.07, 6.45) is 1.57. The molecule has 0 bridgehead atoms. The molecule has 2 N–H and O–H groups in total. The summed E-state index contributed by atoms with van der Waals surface area (Å²) in [6.45, 7) is 3.90. The van der Waals surface area contributed by atoms with Crippen molar-refractivity contribution in [1.29, 1.82) is 0 Å². The summed E-state index contributed by atoms with van der Waals surface area (Å²) in [7, 11) is 0. The Hall–Kier alpha value is -2.30. The van der Waals surface area contributed by atoms with Gasteiger partial charge in [0.15, 0.2) is 6.61 Å². The van der Waals surface area contributed by atoms with E-state index in [1.807, 2.05) is 32.0 Å². The van der Waals surface area contributed by atoms with Crippen molar-refractivity contribution in [1.82, 2.24) is 10.2 Å². The van der Waals surface area contributed by atoms with E-state index in [-0.39, 0.29) is 12.5 Å². The third-order valence-electron chi connectivity index (χ3n) is 2.48. The fourth-order valence-corrected chi connectivity index (χ4v) is 1.52. The molecular weight excluding hydrogens is 230 g/mol. The van der Waals surface area contributed by atoms with Crippen molar-refractivity contribution in [2.24, 2.45) is 0 Å². The molecular formula is C13H15N3O2. The van der Waals surface area contributed by atoms with Crippen molar-refractivity contribution in [3.63, 3.8) is 0 Å². The Morgan fingerprint density at radius 3 is 2.94 bits per heavy atom. The van der Waals surface area contributed by atoms with Gasteiger partial charge in [-0.3, -0.25) is 9.89 Å². The summed E-state index contributed by atoms with van der Waals surface area (Å²) in [4.78, 5) is 11.6. The van der Waals surface area contributed by atoms with Crippen LogP contribution in [0.5, 0.6) is 5.75 Å². The van der Waals surface area contributed by atoms with Crippen LogP contribution in [0.25, 0.3) is 0 Å². The topological polar surface area (TPSA) is 67.0 Å². The normalized spacial score (nSPS) is 10.1. The molecule has 94 valence electrons. The molecule has 1 aromatic carbocycles. The molecule has 0 aliphatic carbocycles. The Bertz CT molecular complexity index is 535. The van der Waals surface area contributed by atoms with Crippen LogP contribution in [-0.4, -0.2) is 22.7 Å². The van der Waals surface area contributed by atoms with Crippen molar-refractivity contribution < 1.29 is 9.53 Å². The minimum absolute atomic E-state index is 0.0245. The number of aryl methyl sites for hydroxylation is 2. The fraction of sp³-hybridized carbons (Fsp3) is 0.231. The van der Waals surface area contributed by atoms with E-state index in [9.17, 15) is 4.79 Å². The first kappa shape index (κ1) is 12.2. The van der Waals surface area contributed by atoms with Crippen LogP contribution in [0.15, 0.2) is 30.5 Å². The first-order valence-electron chi connectivity index (χ1n) is 5.64. The third kappa shape index (κ3) is 3.10. The highest BCUT2D eigenvalue weighted by molar-refractivity contribution is 5.90. The van der Waals surface area contributed by atoms with Crippen molar-refractivity contribution in [3.05, 3.63) is 41.6 Å². The van der Waals surface area contributed by atoms with Gasteiger partial charge in [-0.2, -0.15) is 5.10 Å². The van der Waals surface area contributed by atoms with E-state index < -0.39 is 0 Å². The van der Waals surface area contributed by atoms with Gasteiger partial charge < -0.3 is 10.1 Å². The number of benzene rings is 1. The molecule has 1 aromatic heterocycles. The number of hydrogen-bond acceptors (Lipinski definition) is 3. The molecule has 5 nitrogen and oxygen atoms in total. The van der Waals surface area contributed by atoms with Gasteiger partial charge in [0.2, 0.25) is 0 Å². The van der Waals surface area contributed by atoms with Gasteiger partial charge in [0.05, 0.1) is 6.20 Å². The molecule has 5 heteroatoms. The van der Waals surface area contributed by atoms with Crippen LogP contribution in [0, 0.1) is 13.8 Å². The van der Waals surface area contributed by atoms with Crippen molar-refractivity contribution >= 4 is 11.7 Å². The smallest absolute Gasteiger partial charge is 0.263 e. The van der Waals surface area contributed by atoms with Gasteiger partial charge in [-0.1, -0.05) is 12.1 Å². The number of amides is 1. The number of nitrogens with zero attached hydrogens (tertiary/aromatic N) is 1. The van der Waals surface area contributed by atoms with E-state index >= 15 is 0 Å². The number of aromatic amines is 1. The maximum absolute atomic E-state index is 11.6. The Kier molecular flexibility index (Phi) is 3.62. The molecule has 0 aliphatic rings. The molecule has 0 aliphatic heterocycles. The monoisotopic (exact) mass is 245 g/mol. The molecule has 1 heterocycles. The van der Waals surface area contributed by atoms with Gasteiger partial charge in [0.1, 0.15) is 11.6 Å². The molecule has 2 aromatic rings. The number of rotatable bonds is 4. The Balaban J connectivity index is 1.91. The number of anilines is 1. The van der Waals surface area contributed by atoms with Crippen LogP contribution in [0.1, 0.15) is 11.1 Å². The summed E-state index contributed by atoms with van der Waals surface area (Å²) in [6, 6.07) is 7.57. The number of H-pyrrole nitrogens is 1. The zero-order valence-corrected chi connectivity index (χ0v) is 10.4. The van der Waals surface area contributed by atoms with Gasteiger partial charge in [-0.25, -0.2) is 0 Å². The van der Waals surface area contributed by atoms with Crippen molar-refractivity contribution in [2.75, 3.05) is 11.9 Å². The second-order valence-corrected chi connectivity index (χ2v) is 4.08. The number of ether oxygens (including phenoxy) is 1. The van der Waals surface area contributed by atoms with Crippen LogP contribution in [0.4, 0.5) is 5.82 Å². The molecule has 0 radical (unpaired) electrons. The van der Waals surface area contributed by atoms with Gasteiger partial charge in [-0.05, 0) is 31.0 Å². The lowest BCUT2D eigenvalue weighted by Crippen LogP contribution is -2.20. The van der Waals surface area contributed by atoms with Gasteiger partial charge in [-0.15, -0.1) is 0 Å². The van der Waals surface area contributed by atoms with Crippen molar-refractivity contribution in [3.8, 4) is 5.75 Å². The maximum atomic E-state index is 11.6. The largest absolute Gasteiger partial charge is 0.483 e. The Morgan fingerprint density at radius 2 is 2.22 bits per heavy atom. The van der Waals surface area contributed by atoms with Gasteiger partial charge >= 0.3 is 0 Å². The van der Waals surface area contributed by atoms with E-state index in [0.717, 1.165) is 16.9 Å². The lowest BCUT2D eigenvalue weighted by Gasteiger charge is -2.09. The van der Waals surface area contributed by atoms with E-state index in [4.69, 9.17) is 4.74 Å². The van der Waals surface area contributed by atoms with Crippen LogP contribution < -0.4 is 10.1 Å². The van der Waals surface area contributed by atoms with Crippen LogP contribution >= 0.6 is 0 Å². The highest BCUT2D eigenvalue weighted by Gasteiger charge is 2.06. The Morgan fingerprint density at radius 1 is 1.39 bits per heavy atom. The molecule has 0 fully saturated rings. The molecule has 0 atom stereocenters. The quantitative estimate of drug-likeness (QED) is 0.866. The molecule has 0 unspecified atom stereocenters. The summed E-state index contributed by atoms with van der Waals surface area (Å²) in [5.41, 5.74) is 2.11. The summed E-state index contributed by atoms with van der Waals surface area (Å²) in [5, 5.41) is 9.03. The number of hydrogen-bond donors (Lipinski definition) is 2. The van der Waals surface area contributed by atoms with E-state index in [2.05, 4.69) is 15.5 Å². The second kappa shape index (κ2) is 5.35. The predicted octanol–water partition coefficient (Wildman–Crippen LogP) is 2.04. The average Bonchev–Trinajstić information content (AvgIpc) is 2.83. The zero-order valence-electron chi connectivity index (χ0n) is 10.4. The predicted molar refractivity (Wildman–Crippen MR) is 68.6 cm³/mol. The molecule has 1 amide bonds. The first-order chi connectivity index (χ1) is 8.65. The number of carbonyl (C=O) groups excluding carboxylic acids is 1. The average molecular weight is 245 g/mol. The second-order valence-electron chi connectivity index (χ2n) is 4.08. The van der Waals surface area contributed by atoms with Crippen LogP contribution in [0.2, 0.25) is 0 Å².